The molecule has 6 nitrogen and oxygen atoms in total. The molecular formula is C21H25F3N6. The smallest absolute Gasteiger partial charge is 0.366 e. The molecule has 1 saturated carbocycles. The third-order valence-electron chi connectivity index (χ3n) is 5.60. The Bertz CT molecular complexity index is 1020. The minimum Gasteiger partial charge on any atom is -0.366 e. The zero-order chi connectivity index (χ0) is 21.4. The van der Waals surface area contributed by atoms with Gasteiger partial charge in [0.05, 0.1) is 29.5 Å². The highest BCUT2D eigenvalue weighted by molar-refractivity contribution is 5.62. The minimum atomic E-state index is -4.30. The zero-order valence-corrected chi connectivity index (χ0v) is 17.0. The van der Waals surface area contributed by atoms with E-state index in [-0.39, 0.29) is 18.5 Å². The average molecular weight is 418 g/mol. The molecule has 160 valence electrons. The Labute approximate surface area is 173 Å². The number of hydrogen-bond donors (Lipinski definition) is 2. The molecule has 3 aromatic rings. The van der Waals surface area contributed by atoms with E-state index in [9.17, 15) is 13.2 Å². The van der Waals surface area contributed by atoms with Gasteiger partial charge in [0.2, 0.25) is 0 Å². The highest BCUT2D eigenvalue weighted by Gasteiger charge is 2.65. The number of nitrogens with one attached hydrogen (secondary N) is 2. The molecule has 30 heavy (non-hydrogen) atoms. The summed E-state index contributed by atoms with van der Waals surface area (Å²) in [6.45, 7) is 5.86. The molecule has 1 unspecified atom stereocenters. The van der Waals surface area contributed by atoms with Crippen molar-refractivity contribution in [3.8, 4) is 11.4 Å². The first-order valence-electron chi connectivity index (χ1n) is 10.3. The monoisotopic (exact) mass is 418 g/mol. The van der Waals surface area contributed by atoms with E-state index in [1.807, 2.05) is 32.0 Å². The number of rotatable bonds is 4. The molecule has 5 rings (SSSR count). The predicted octanol–water partition coefficient (Wildman–Crippen LogP) is 4.19. The first-order chi connectivity index (χ1) is 14.5. The lowest BCUT2D eigenvalue weighted by molar-refractivity contribution is -0.161. The van der Waals surface area contributed by atoms with Gasteiger partial charge in [-0.15, -0.1) is 0 Å². The Hall–Kier alpha value is -2.68. The lowest BCUT2D eigenvalue weighted by Crippen LogP contribution is -2.29. The van der Waals surface area contributed by atoms with Crippen LogP contribution in [0.1, 0.15) is 38.8 Å². The molecule has 1 aliphatic carbocycles. The summed E-state index contributed by atoms with van der Waals surface area (Å²) in [5, 5.41) is 6.69. The predicted molar refractivity (Wildman–Crippen MR) is 109 cm³/mol. The molecule has 0 amide bonds. The maximum Gasteiger partial charge on any atom is 0.399 e. The number of anilines is 1. The second-order valence-corrected chi connectivity index (χ2v) is 7.47. The summed E-state index contributed by atoms with van der Waals surface area (Å²) in [6, 6.07) is 5.92. The highest BCUT2D eigenvalue weighted by atomic mass is 19.4. The second kappa shape index (κ2) is 7.86. The van der Waals surface area contributed by atoms with E-state index in [1.54, 1.807) is 10.6 Å². The number of pyridine rings is 1. The van der Waals surface area contributed by atoms with E-state index in [0.29, 0.717) is 23.1 Å². The Balaban J connectivity index is 0.00000106. The molecule has 0 radical (unpaired) electrons. The molecule has 4 heterocycles. The van der Waals surface area contributed by atoms with Gasteiger partial charge >= 0.3 is 6.18 Å². The third-order valence-corrected chi connectivity index (χ3v) is 5.60. The van der Waals surface area contributed by atoms with Crippen LogP contribution in [0, 0.1) is 0 Å². The number of aromatic nitrogens is 4. The number of alkyl halides is 3. The molecule has 0 spiro atoms. The summed E-state index contributed by atoms with van der Waals surface area (Å²) in [7, 11) is 0. The highest BCUT2D eigenvalue weighted by Crippen LogP contribution is 2.58. The van der Waals surface area contributed by atoms with Crippen LogP contribution < -0.4 is 10.6 Å². The first kappa shape index (κ1) is 20.6. The van der Waals surface area contributed by atoms with Crippen molar-refractivity contribution in [3.63, 3.8) is 0 Å². The fourth-order valence-corrected chi connectivity index (χ4v) is 3.78. The number of fused-ring (bicyclic) bond motifs is 1. The van der Waals surface area contributed by atoms with Crippen molar-refractivity contribution in [2.45, 2.75) is 50.7 Å². The van der Waals surface area contributed by atoms with Crippen LogP contribution >= 0.6 is 0 Å². The number of halogens is 3. The number of imidazole rings is 1. The molecule has 1 atom stereocenters. The summed E-state index contributed by atoms with van der Waals surface area (Å²) in [6.07, 6.45) is 1.36. The molecule has 1 aliphatic heterocycles. The van der Waals surface area contributed by atoms with Crippen molar-refractivity contribution in [1.82, 2.24) is 24.7 Å². The van der Waals surface area contributed by atoms with Crippen molar-refractivity contribution >= 4 is 11.5 Å². The Morgan fingerprint density at radius 3 is 2.63 bits per heavy atom. The molecule has 9 heteroatoms. The van der Waals surface area contributed by atoms with Crippen LogP contribution in [-0.2, 0) is 5.41 Å². The van der Waals surface area contributed by atoms with E-state index >= 15 is 0 Å². The fraction of sp³-hybridized carbons (Fsp3) is 0.476. The largest absolute Gasteiger partial charge is 0.399 e. The summed E-state index contributed by atoms with van der Waals surface area (Å²) in [4.78, 5) is 13.0. The minimum absolute atomic E-state index is 0.0399. The van der Waals surface area contributed by atoms with Crippen LogP contribution in [0.3, 0.4) is 0 Å². The normalized spacial score (nSPS) is 20.0. The van der Waals surface area contributed by atoms with Crippen molar-refractivity contribution < 1.29 is 13.2 Å². The summed E-state index contributed by atoms with van der Waals surface area (Å²) >= 11 is 0. The van der Waals surface area contributed by atoms with Crippen LogP contribution in [0.4, 0.5) is 19.0 Å². The molecule has 2 fully saturated rings. The van der Waals surface area contributed by atoms with Gasteiger partial charge in [-0.2, -0.15) is 13.2 Å². The van der Waals surface area contributed by atoms with Crippen LogP contribution in [0.2, 0.25) is 0 Å². The molecule has 3 aromatic heterocycles. The summed E-state index contributed by atoms with van der Waals surface area (Å²) < 4.78 is 42.1. The second-order valence-electron chi connectivity index (χ2n) is 7.47. The summed E-state index contributed by atoms with van der Waals surface area (Å²) in [5.41, 5.74) is 0.00639. The van der Waals surface area contributed by atoms with Gasteiger partial charge in [0.1, 0.15) is 11.2 Å². The van der Waals surface area contributed by atoms with E-state index in [1.165, 1.54) is 12.4 Å². The van der Waals surface area contributed by atoms with E-state index in [2.05, 4.69) is 25.6 Å². The van der Waals surface area contributed by atoms with Gasteiger partial charge in [-0.3, -0.25) is 9.38 Å². The maximum absolute atomic E-state index is 13.5. The average Bonchev–Trinajstić information content (AvgIpc) is 3.23. The lowest BCUT2D eigenvalue weighted by Gasteiger charge is -2.18. The van der Waals surface area contributed by atoms with Gasteiger partial charge in [0.25, 0.3) is 0 Å². The Morgan fingerprint density at radius 2 is 1.97 bits per heavy atom. The molecule has 0 bridgehead atoms. The van der Waals surface area contributed by atoms with Gasteiger partial charge in [0.15, 0.2) is 5.65 Å². The van der Waals surface area contributed by atoms with Gasteiger partial charge in [-0.05, 0) is 37.9 Å². The Kier molecular flexibility index (Phi) is 5.40. The lowest BCUT2D eigenvalue weighted by atomic mass is 10.0. The van der Waals surface area contributed by atoms with E-state index in [4.69, 9.17) is 0 Å². The van der Waals surface area contributed by atoms with Crippen LogP contribution in [0.15, 0.2) is 36.8 Å². The van der Waals surface area contributed by atoms with Crippen LogP contribution in [-0.4, -0.2) is 44.7 Å². The standard InChI is InChI=1S/C19H19F3N6.C2H6/c20-19(21,22)18(5-6-18)15-11-28-14(9-25-17(28)10-24-15)13-2-1-3-16(27-13)26-12-4-7-23-8-12;1-2/h1-3,9-12,23H,4-8H2,(H,26,27);1-2H3. The van der Waals surface area contributed by atoms with E-state index < -0.39 is 11.6 Å². The summed E-state index contributed by atoms with van der Waals surface area (Å²) in [5.74, 6) is 0.740. The number of nitrogens with zero attached hydrogens (tertiary/aromatic N) is 4. The Morgan fingerprint density at radius 1 is 1.17 bits per heavy atom. The molecule has 1 saturated heterocycles. The molecule has 2 N–H and O–H groups in total. The quantitative estimate of drug-likeness (QED) is 0.665. The molecule has 2 aliphatic rings. The van der Waals surface area contributed by atoms with Crippen molar-refractivity contribution in [1.29, 1.82) is 0 Å². The van der Waals surface area contributed by atoms with Crippen molar-refractivity contribution in [2.24, 2.45) is 0 Å². The molecular weight excluding hydrogens is 393 g/mol. The van der Waals surface area contributed by atoms with Gasteiger partial charge in [0, 0.05) is 18.8 Å². The third kappa shape index (κ3) is 3.62. The van der Waals surface area contributed by atoms with Crippen LogP contribution in [0.25, 0.3) is 17.0 Å². The van der Waals surface area contributed by atoms with E-state index in [0.717, 1.165) is 25.3 Å². The SMILES string of the molecule is CC.FC(F)(F)C1(c2cn3c(-c4cccc(NC5CCNC5)n4)cnc3cn2)CC1. The van der Waals surface area contributed by atoms with Gasteiger partial charge < -0.3 is 10.6 Å². The van der Waals surface area contributed by atoms with Crippen molar-refractivity contribution in [3.05, 3.63) is 42.5 Å². The van der Waals surface area contributed by atoms with Gasteiger partial charge in [-0.1, -0.05) is 19.9 Å². The molecule has 0 aromatic carbocycles. The zero-order valence-electron chi connectivity index (χ0n) is 17.0. The van der Waals surface area contributed by atoms with Gasteiger partial charge in [-0.25, -0.2) is 9.97 Å². The topological polar surface area (TPSA) is 67.1 Å². The van der Waals surface area contributed by atoms with Crippen molar-refractivity contribution in [2.75, 3.05) is 18.4 Å². The first-order valence-corrected chi connectivity index (χ1v) is 10.3. The maximum atomic E-state index is 13.5. The van der Waals surface area contributed by atoms with Crippen LogP contribution in [0.5, 0.6) is 0 Å². The fourth-order valence-electron chi connectivity index (χ4n) is 3.78. The number of hydrogen-bond acceptors (Lipinski definition) is 5.